The van der Waals surface area contributed by atoms with E-state index >= 15 is 0 Å². The summed E-state index contributed by atoms with van der Waals surface area (Å²) >= 11 is 0. The van der Waals surface area contributed by atoms with E-state index in [1.807, 2.05) is 36.4 Å². The topological polar surface area (TPSA) is 60.5 Å². The Hall–Kier alpha value is -2.66. The van der Waals surface area contributed by atoms with Gasteiger partial charge in [0.25, 0.3) is 0 Å². The number of amides is 1. The van der Waals surface area contributed by atoms with Gasteiger partial charge in [-0.1, -0.05) is 18.2 Å². The summed E-state index contributed by atoms with van der Waals surface area (Å²) < 4.78 is 10.1. The molecule has 0 saturated carbocycles. The zero-order chi connectivity index (χ0) is 15.6. The molecule has 0 radical (unpaired) electrons. The average molecular weight is 298 g/mol. The summed E-state index contributed by atoms with van der Waals surface area (Å²) in [6.07, 6.45) is 6.67. The van der Waals surface area contributed by atoms with E-state index in [9.17, 15) is 4.79 Å². The van der Waals surface area contributed by atoms with Crippen molar-refractivity contribution in [1.82, 2.24) is 10.3 Å². The first-order chi connectivity index (χ1) is 10.8. The Bertz CT molecular complexity index is 610. The van der Waals surface area contributed by atoms with E-state index in [4.69, 9.17) is 9.47 Å². The highest BCUT2D eigenvalue weighted by atomic mass is 16.7. The van der Waals surface area contributed by atoms with Crippen molar-refractivity contribution in [2.24, 2.45) is 0 Å². The second-order valence-corrected chi connectivity index (χ2v) is 4.53. The summed E-state index contributed by atoms with van der Waals surface area (Å²) in [7, 11) is 1.57. The summed E-state index contributed by atoms with van der Waals surface area (Å²) in [5.41, 5.74) is 1.88. The number of hydrogen-bond acceptors (Lipinski definition) is 4. The van der Waals surface area contributed by atoms with Gasteiger partial charge in [-0.2, -0.15) is 0 Å². The number of benzene rings is 1. The van der Waals surface area contributed by atoms with Crippen molar-refractivity contribution in [3.05, 3.63) is 66.0 Å². The molecule has 2 rings (SSSR count). The van der Waals surface area contributed by atoms with Gasteiger partial charge in [-0.25, -0.2) is 0 Å². The van der Waals surface area contributed by atoms with Crippen molar-refractivity contribution in [2.75, 3.05) is 13.9 Å². The third-order valence-electron chi connectivity index (χ3n) is 2.84. The van der Waals surface area contributed by atoms with Crippen molar-refractivity contribution >= 4 is 12.0 Å². The number of carbonyl (C=O) groups is 1. The van der Waals surface area contributed by atoms with Crippen LogP contribution in [0.1, 0.15) is 11.1 Å². The SMILES string of the molecule is COCOc1ccc(/C=C/C(=O)NCc2cccnc2)cc1. The van der Waals surface area contributed by atoms with E-state index in [0.29, 0.717) is 6.54 Å². The van der Waals surface area contributed by atoms with Gasteiger partial charge < -0.3 is 14.8 Å². The number of methoxy groups -OCH3 is 1. The number of aromatic nitrogens is 1. The van der Waals surface area contributed by atoms with E-state index in [1.54, 1.807) is 25.6 Å². The summed E-state index contributed by atoms with van der Waals surface area (Å²) in [6.45, 7) is 0.673. The van der Waals surface area contributed by atoms with Crippen LogP contribution in [-0.2, 0) is 16.1 Å². The number of ether oxygens (including phenoxy) is 2. The lowest BCUT2D eigenvalue weighted by atomic mass is 10.2. The van der Waals surface area contributed by atoms with Crippen LogP contribution in [0.5, 0.6) is 5.75 Å². The molecule has 1 N–H and O–H groups in total. The highest BCUT2D eigenvalue weighted by molar-refractivity contribution is 5.91. The van der Waals surface area contributed by atoms with E-state index in [2.05, 4.69) is 10.3 Å². The molecule has 1 aromatic heterocycles. The standard InChI is InChI=1S/C17H18N2O3/c1-21-13-22-16-7-4-14(5-8-16)6-9-17(20)19-12-15-3-2-10-18-11-15/h2-11H,12-13H2,1H3,(H,19,20)/b9-6+. The van der Waals surface area contributed by atoms with E-state index in [1.165, 1.54) is 6.08 Å². The van der Waals surface area contributed by atoms with Crippen molar-refractivity contribution < 1.29 is 14.3 Å². The zero-order valence-electron chi connectivity index (χ0n) is 12.4. The second-order valence-electron chi connectivity index (χ2n) is 4.53. The predicted molar refractivity (Wildman–Crippen MR) is 84.1 cm³/mol. The zero-order valence-corrected chi connectivity index (χ0v) is 12.4. The maximum atomic E-state index is 11.7. The number of rotatable bonds is 7. The molecule has 5 nitrogen and oxygen atoms in total. The maximum Gasteiger partial charge on any atom is 0.244 e. The summed E-state index contributed by atoms with van der Waals surface area (Å²) in [5, 5.41) is 2.80. The Morgan fingerprint density at radius 2 is 2.09 bits per heavy atom. The third-order valence-corrected chi connectivity index (χ3v) is 2.84. The molecule has 0 aliphatic heterocycles. The quantitative estimate of drug-likeness (QED) is 0.630. The minimum atomic E-state index is -0.149. The summed E-state index contributed by atoms with van der Waals surface area (Å²) in [6, 6.07) is 11.1. The van der Waals surface area contributed by atoms with Crippen LogP contribution in [0.15, 0.2) is 54.9 Å². The van der Waals surface area contributed by atoms with Crippen LogP contribution in [0.25, 0.3) is 6.08 Å². The van der Waals surface area contributed by atoms with Gasteiger partial charge >= 0.3 is 0 Å². The van der Waals surface area contributed by atoms with Gasteiger partial charge in [0, 0.05) is 32.1 Å². The van der Waals surface area contributed by atoms with Crippen LogP contribution in [-0.4, -0.2) is 24.8 Å². The van der Waals surface area contributed by atoms with Crippen LogP contribution in [0.4, 0.5) is 0 Å². The smallest absolute Gasteiger partial charge is 0.244 e. The number of nitrogens with one attached hydrogen (secondary N) is 1. The molecule has 1 heterocycles. The minimum Gasteiger partial charge on any atom is -0.468 e. The molecule has 0 fully saturated rings. The van der Waals surface area contributed by atoms with Gasteiger partial charge in [-0.15, -0.1) is 0 Å². The lowest BCUT2D eigenvalue weighted by Crippen LogP contribution is -2.20. The highest BCUT2D eigenvalue weighted by Crippen LogP contribution is 2.13. The first kappa shape index (κ1) is 15.7. The molecule has 0 atom stereocenters. The van der Waals surface area contributed by atoms with Gasteiger partial charge in [-0.05, 0) is 35.4 Å². The van der Waals surface area contributed by atoms with Gasteiger partial charge in [0.2, 0.25) is 5.91 Å². The van der Waals surface area contributed by atoms with E-state index in [0.717, 1.165) is 16.9 Å². The first-order valence-corrected chi connectivity index (χ1v) is 6.84. The molecular formula is C17H18N2O3. The molecule has 0 aliphatic rings. The third kappa shape index (κ3) is 5.38. The molecule has 0 aliphatic carbocycles. The summed E-state index contributed by atoms with van der Waals surface area (Å²) in [5.74, 6) is 0.573. The van der Waals surface area contributed by atoms with Crippen molar-refractivity contribution in [2.45, 2.75) is 6.54 Å². The number of nitrogens with zero attached hydrogens (tertiary/aromatic N) is 1. The van der Waals surface area contributed by atoms with E-state index < -0.39 is 0 Å². The Morgan fingerprint density at radius 1 is 1.27 bits per heavy atom. The normalized spacial score (nSPS) is 10.6. The fraction of sp³-hybridized carbons (Fsp3) is 0.176. The van der Waals surface area contributed by atoms with E-state index in [-0.39, 0.29) is 12.7 Å². The molecule has 22 heavy (non-hydrogen) atoms. The average Bonchev–Trinajstić information content (AvgIpc) is 2.58. The maximum absolute atomic E-state index is 11.7. The monoisotopic (exact) mass is 298 g/mol. The number of hydrogen-bond donors (Lipinski definition) is 1. The molecule has 0 saturated heterocycles. The molecule has 0 unspecified atom stereocenters. The second kappa shape index (κ2) is 8.59. The minimum absolute atomic E-state index is 0.149. The Morgan fingerprint density at radius 3 is 2.77 bits per heavy atom. The lowest BCUT2D eigenvalue weighted by Gasteiger charge is -2.04. The Kier molecular flexibility index (Phi) is 6.14. The van der Waals surface area contributed by atoms with Crippen LogP contribution in [0.2, 0.25) is 0 Å². The molecule has 2 aromatic rings. The molecule has 5 heteroatoms. The largest absolute Gasteiger partial charge is 0.468 e. The van der Waals surface area contributed by atoms with Crippen molar-refractivity contribution in [3.63, 3.8) is 0 Å². The molecule has 1 amide bonds. The molecule has 0 bridgehead atoms. The molecular weight excluding hydrogens is 280 g/mol. The first-order valence-electron chi connectivity index (χ1n) is 6.84. The van der Waals surface area contributed by atoms with Gasteiger partial charge in [0.1, 0.15) is 5.75 Å². The predicted octanol–water partition coefficient (Wildman–Crippen LogP) is 2.39. The molecule has 1 aromatic carbocycles. The number of pyridine rings is 1. The Balaban J connectivity index is 1.81. The van der Waals surface area contributed by atoms with Crippen molar-refractivity contribution in [1.29, 1.82) is 0 Å². The number of carbonyl (C=O) groups excluding carboxylic acids is 1. The molecule has 114 valence electrons. The van der Waals surface area contributed by atoms with Crippen LogP contribution in [0, 0.1) is 0 Å². The van der Waals surface area contributed by atoms with Crippen molar-refractivity contribution in [3.8, 4) is 5.75 Å². The van der Waals surface area contributed by atoms with Crippen LogP contribution < -0.4 is 10.1 Å². The van der Waals surface area contributed by atoms with Crippen LogP contribution in [0.3, 0.4) is 0 Å². The Labute approximate surface area is 129 Å². The highest BCUT2D eigenvalue weighted by Gasteiger charge is 1.97. The fourth-order valence-corrected chi connectivity index (χ4v) is 1.72. The lowest BCUT2D eigenvalue weighted by molar-refractivity contribution is -0.116. The van der Waals surface area contributed by atoms with Crippen LogP contribution >= 0.6 is 0 Å². The fourth-order valence-electron chi connectivity index (χ4n) is 1.72. The van der Waals surface area contributed by atoms with Gasteiger partial charge in [0.05, 0.1) is 0 Å². The molecule has 0 spiro atoms. The van der Waals surface area contributed by atoms with Gasteiger partial charge in [-0.3, -0.25) is 9.78 Å². The summed E-state index contributed by atoms with van der Waals surface area (Å²) in [4.78, 5) is 15.7. The van der Waals surface area contributed by atoms with Gasteiger partial charge in [0.15, 0.2) is 6.79 Å².